The van der Waals surface area contributed by atoms with Crippen LogP contribution >= 0.6 is 15.9 Å². The fourth-order valence-electron chi connectivity index (χ4n) is 3.42. The maximum Gasteiger partial charge on any atom is 0.0744 e. The third kappa shape index (κ3) is 2.01. The first-order valence-corrected chi connectivity index (χ1v) is 8.11. The Bertz CT molecular complexity index is 880. The van der Waals surface area contributed by atoms with Crippen molar-refractivity contribution >= 4 is 26.8 Å². The number of nitrogens with zero attached hydrogens (tertiary/aromatic N) is 1. The van der Waals surface area contributed by atoms with Crippen LogP contribution in [0.4, 0.5) is 0 Å². The lowest BCUT2D eigenvalue weighted by molar-refractivity contribution is 0.921. The minimum atomic E-state index is 1.06. The van der Waals surface area contributed by atoms with Gasteiger partial charge in [-0.05, 0) is 67.6 Å². The molecule has 0 unspecified atom stereocenters. The Morgan fingerprint density at radius 2 is 1.90 bits per heavy atom. The molecule has 1 aliphatic rings. The molecule has 104 valence electrons. The van der Waals surface area contributed by atoms with Crippen LogP contribution in [-0.2, 0) is 12.8 Å². The van der Waals surface area contributed by atoms with Crippen molar-refractivity contribution in [3.63, 3.8) is 0 Å². The first-order valence-electron chi connectivity index (χ1n) is 7.32. The van der Waals surface area contributed by atoms with Crippen molar-refractivity contribution in [1.29, 1.82) is 0 Å². The molecule has 0 atom stereocenters. The fraction of sp³-hybridized carbons (Fsp3) is 0.211. The van der Waals surface area contributed by atoms with Gasteiger partial charge in [-0.15, -0.1) is 0 Å². The number of hydrogen-bond acceptors (Lipinski definition) is 1. The second-order valence-corrected chi connectivity index (χ2v) is 6.76. The van der Waals surface area contributed by atoms with Crippen LogP contribution in [0.1, 0.15) is 22.3 Å². The van der Waals surface area contributed by atoms with Gasteiger partial charge >= 0.3 is 0 Å². The van der Waals surface area contributed by atoms with E-state index in [2.05, 4.69) is 66.2 Å². The number of pyridine rings is 1. The number of hydrogen-bond donors (Lipinski definition) is 0. The highest BCUT2D eigenvalue weighted by atomic mass is 79.9. The van der Waals surface area contributed by atoms with Crippen molar-refractivity contribution in [2.75, 3.05) is 0 Å². The molecule has 2 aromatic carbocycles. The van der Waals surface area contributed by atoms with E-state index in [4.69, 9.17) is 4.98 Å². The van der Waals surface area contributed by atoms with Crippen LogP contribution in [0.25, 0.3) is 22.2 Å². The van der Waals surface area contributed by atoms with Gasteiger partial charge < -0.3 is 0 Å². The molecule has 1 nitrogen and oxygen atoms in total. The minimum Gasteiger partial charge on any atom is -0.247 e. The van der Waals surface area contributed by atoms with Crippen LogP contribution in [0.5, 0.6) is 0 Å². The van der Waals surface area contributed by atoms with Crippen LogP contribution in [0, 0.1) is 13.8 Å². The van der Waals surface area contributed by atoms with Gasteiger partial charge in [0.05, 0.1) is 11.2 Å². The summed E-state index contributed by atoms with van der Waals surface area (Å²) in [6, 6.07) is 13.1. The molecular formula is C19H16BrN. The summed E-state index contributed by atoms with van der Waals surface area (Å²) in [5.41, 5.74) is 9.11. The molecule has 0 aliphatic heterocycles. The third-order valence-corrected chi connectivity index (χ3v) is 5.09. The van der Waals surface area contributed by atoms with E-state index in [0.717, 1.165) is 22.8 Å². The van der Waals surface area contributed by atoms with E-state index in [1.54, 1.807) is 0 Å². The topological polar surface area (TPSA) is 12.9 Å². The Morgan fingerprint density at radius 3 is 2.76 bits per heavy atom. The summed E-state index contributed by atoms with van der Waals surface area (Å²) in [6.45, 7) is 4.38. The van der Waals surface area contributed by atoms with Gasteiger partial charge in [0, 0.05) is 15.4 Å². The Hall–Kier alpha value is -1.67. The van der Waals surface area contributed by atoms with Crippen molar-refractivity contribution in [2.24, 2.45) is 0 Å². The van der Waals surface area contributed by atoms with Gasteiger partial charge in [-0.3, -0.25) is 0 Å². The number of aryl methyl sites for hydroxylation is 3. The molecule has 0 spiro atoms. The Balaban J connectivity index is 2.06. The summed E-state index contributed by atoms with van der Waals surface area (Å²) in [6.07, 6.45) is 2.20. The predicted molar refractivity (Wildman–Crippen MR) is 91.8 cm³/mol. The molecule has 0 saturated heterocycles. The Labute approximate surface area is 133 Å². The van der Waals surface area contributed by atoms with E-state index in [0.29, 0.717) is 0 Å². The molecule has 3 aromatic rings. The number of aromatic nitrogens is 1. The number of fused-ring (bicyclic) bond motifs is 4. The highest BCUT2D eigenvalue weighted by Gasteiger charge is 2.20. The zero-order valence-electron chi connectivity index (χ0n) is 12.2. The summed E-state index contributed by atoms with van der Waals surface area (Å²) >= 11 is 3.64. The first-order chi connectivity index (χ1) is 10.1. The summed E-state index contributed by atoms with van der Waals surface area (Å²) < 4.78 is 1.13. The van der Waals surface area contributed by atoms with E-state index in [-0.39, 0.29) is 0 Å². The van der Waals surface area contributed by atoms with E-state index in [1.165, 1.54) is 38.9 Å². The molecule has 21 heavy (non-hydrogen) atoms. The third-order valence-electron chi connectivity index (χ3n) is 4.40. The molecule has 0 radical (unpaired) electrons. The molecule has 0 bridgehead atoms. The maximum absolute atomic E-state index is 4.97. The number of benzene rings is 2. The average Bonchev–Trinajstić information content (AvgIpc) is 2.46. The highest BCUT2D eigenvalue weighted by Crippen LogP contribution is 2.37. The van der Waals surface area contributed by atoms with Crippen molar-refractivity contribution < 1.29 is 0 Å². The molecule has 0 fully saturated rings. The van der Waals surface area contributed by atoms with Gasteiger partial charge in [0.15, 0.2) is 0 Å². The van der Waals surface area contributed by atoms with E-state index in [9.17, 15) is 0 Å². The predicted octanol–water partition coefficient (Wildman–Crippen LogP) is 5.38. The molecule has 1 aliphatic carbocycles. The second kappa shape index (κ2) is 4.67. The van der Waals surface area contributed by atoms with Gasteiger partial charge in [0.1, 0.15) is 0 Å². The van der Waals surface area contributed by atoms with Crippen LogP contribution in [0.15, 0.2) is 40.9 Å². The lowest BCUT2D eigenvalue weighted by atomic mass is 9.85. The van der Waals surface area contributed by atoms with Crippen molar-refractivity contribution in [3.05, 3.63) is 63.1 Å². The van der Waals surface area contributed by atoms with Gasteiger partial charge in [-0.1, -0.05) is 33.6 Å². The number of rotatable bonds is 0. The normalized spacial score (nSPS) is 13.1. The maximum atomic E-state index is 4.97. The quantitative estimate of drug-likeness (QED) is 0.536. The summed E-state index contributed by atoms with van der Waals surface area (Å²) in [7, 11) is 0. The smallest absolute Gasteiger partial charge is 0.0744 e. The minimum absolute atomic E-state index is 1.06. The van der Waals surface area contributed by atoms with Crippen molar-refractivity contribution in [2.45, 2.75) is 26.7 Å². The SMILES string of the molecule is Cc1cc(C)c2c(c1)-c1nc3cccc(Br)c3cc1CC2. The largest absolute Gasteiger partial charge is 0.247 e. The number of halogens is 1. The van der Waals surface area contributed by atoms with Gasteiger partial charge in [0.25, 0.3) is 0 Å². The lowest BCUT2D eigenvalue weighted by Gasteiger charge is -2.22. The zero-order chi connectivity index (χ0) is 14.6. The van der Waals surface area contributed by atoms with Crippen molar-refractivity contribution in [3.8, 4) is 11.3 Å². The Kier molecular flexibility index (Phi) is 2.90. The fourth-order valence-corrected chi connectivity index (χ4v) is 3.90. The van der Waals surface area contributed by atoms with Gasteiger partial charge in [0.2, 0.25) is 0 Å². The van der Waals surface area contributed by atoms with Gasteiger partial charge in [-0.2, -0.15) is 0 Å². The van der Waals surface area contributed by atoms with Crippen molar-refractivity contribution in [1.82, 2.24) is 4.98 Å². The standard InChI is InChI=1S/C19H16BrN/c1-11-8-12(2)14-7-6-13-10-16-17(20)4-3-5-18(16)21-19(13)15(14)9-11/h3-5,8-10H,6-7H2,1-2H3. The lowest BCUT2D eigenvalue weighted by Crippen LogP contribution is -2.08. The molecule has 1 heterocycles. The van der Waals surface area contributed by atoms with Crippen LogP contribution in [0.3, 0.4) is 0 Å². The van der Waals surface area contributed by atoms with Crippen LogP contribution in [-0.4, -0.2) is 4.98 Å². The first kappa shape index (κ1) is 13.0. The molecule has 0 amide bonds. The second-order valence-electron chi connectivity index (χ2n) is 5.91. The summed E-state index contributed by atoms with van der Waals surface area (Å²) in [5, 5.41) is 1.21. The summed E-state index contributed by atoms with van der Waals surface area (Å²) in [5.74, 6) is 0. The van der Waals surface area contributed by atoms with E-state index in [1.807, 2.05) is 0 Å². The Morgan fingerprint density at radius 1 is 1.05 bits per heavy atom. The van der Waals surface area contributed by atoms with Crippen LogP contribution in [0.2, 0.25) is 0 Å². The van der Waals surface area contributed by atoms with Crippen LogP contribution < -0.4 is 0 Å². The van der Waals surface area contributed by atoms with E-state index < -0.39 is 0 Å². The molecule has 0 N–H and O–H groups in total. The molecular weight excluding hydrogens is 322 g/mol. The summed E-state index contributed by atoms with van der Waals surface area (Å²) in [4.78, 5) is 4.97. The zero-order valence-corrected chi connectivity index (χ0v) is 13.8. The molecule has 4 rings (SSSR count). The monoisotopic (exact) mass is 337 g/mol. The van der Waals surface area contributed by atoms with E-state index >= 15 is 0 Å². The highest BCUT2D eigenvalue weighted by molar-refractivity contribution is 9.10. The molecule has 1 aromatic heterocycles. The van der Waals surface area contributed by atoms with Gasteiger partial charge in [-0.25, -0.2) is 4.98 Å². The average molecular weight is 338 g/mol. The molecule has 2 heteroatoms. The molecule has 0 saturated carbocycles.